The number of nitrogens with two attached hydrogens (primary N) is 1. The predicted molar refractivity (Wildman–Crippen MR) is 93.6 cm³/mol. The van der Waals surface area contributed by atoms with Crippen molar-refractivity contribution < 1.29 is 14.3 Å². The van der Waals surface area contributed by atoms with E-state index in [-0.39, 0.29) is 5.91 Å². The summed E-state index contributed by atoms with van der Waals surface area (Å²) < 4.78 is 5.12. The van der Waals surface area contributed by atoms with E-state index in [4.69, 9.17) is 10.5 Å². The molecule has 2 amide bonds. The molecule has 0 radical (unpaired) electrons. The van der Waals surface area contributed by atoms with Crippen molar-refractivity contribution in [3.63, 3.8) is 0 Å². The van der Waals surface area contributed by atoms with Crippen LogP contribution in [0.2, 0.25) is 0 Å². The monoisotopic (exact) mass is 344 g/mol. The average Bonchev–Trinajstić information content (AvgIpc) is 3.00. The van der Waals surface area contributed by atoms with Gasteiger partial charge in [0.1, 0.15) is 10.6 Å². The number of nitrogens with one attached hydrogen (secondary N) is 1. The molecule has 0 bridgehead atoms. The molecule has 2 aromatic rings. The molecule has 0 aliphatic heterocycles. The maximum Gasteiger partial charge on any atom is 0.259 e. The van der Waals surface area contributed by atoms with Crippen LogP contribution in [0.15, 0.2) is 24.3 Å². The summed E-state index contributed by atoms with van der Waals surface area (Å²) in [6.07, 6.45) is 3.90. The number of methoxy groups -OCH3 is 1. The Morgan fingerprint density at radius 1 is 1.21 bits per heavy atom. The van der Waals surface area contributed by atoms with Gasteiger partial charge in [-0.25, -0.2) is 0 Å². The number of aryl methyl sites for hydroxylation is 1. The topological polar surface area (TPSA) is 81.4 Å². The second-order valence-corrected chi connectivity index (χ2v) is 6.92. The van der Waals surface area contributed by atoms with Crippen LogP contribution in [-0.4, -0.2) is 18.9 Å². The van der Waals surface area contributed by atoms with Crippen molar-refractivity contribution in [1.29, 1.82) is 0 Å². The summed E-state index contributed by atoms with van der Waals surface area (Å²) in [5.74, 6) is 0.0241. The lowest BCUT2D eigenvalue weighted by molar-refractivity contribution is 0.0935. The van der Waals surface area contributed by atoms with Gasteiger partial charge in [0.15, 0.2) is 0 Å². The highest BCUT2D eigenvalue weighted by atomic mass is 32.1. The van der Waals surface area contributed by atoms with Gasteiger partial charge in [-0.15, -0.1) is 11.3 Å². The number of carbonyl (C=O) groups is 2. The number of hydrogen-bond acceptors (Lipinski definition) is 4. The van der Waals surface area contributed by atoms with E-state index < -0.39 is 5.91 Å². The van der Waals surface area contributed by atoms with Crippen molar-refractivity contribution in [2.45, 2.75) is 32.2 Å². The van der Waals surface area contributed by atoms with Gasteiger partial charge in [0.2, 0.25) is 0 Å². The molecule has 3 N–H and O–H groups in total. The lowest BCUT2D eigenvalue weighted by atomic mass is 9.94. The second-order valence-electron chi connectivity index (χ2n) is 5.81. The highest BCUT2D eigenvalue weighted by molar-refractivity contribution is 7.14. The van der Waals surface area contributed by atoms with E-state index in [1.54, 1.807) is 7.11 Å². The second kappa shape index (κ2) is 7.05. The summed E-state index contributed by atoms with van der Waals surface area (Å²) >= 11 is 1.37. The minimum atomic E-state index is -0.524. The van der Waals surface area contributed by atoms with Crippen molar-refractivity contribution in [3.05, 3.63) is 50.7 Å². The van der Waals surface area contributed by atoms with Crippen LogP contribution < -0.4 is 15.8 Å². The number of primary amides is 1. The molecule has 0 saturated heterocycles. The fourth-order valence-electron chi connectivity index (χ4n) is 2.99. The van der Waals surface area contributed by atoms with Gasteiger partial charge in [-0.1, -0.05) is 12.1 Å². The van der Waals surface area contributed by atoms with E-state index >= 15 is 0 Å². The third kappa shape index (κ3) is 3.28. The number of ether oxygens (including phenoxy) is 1. The highest BCUT2D eigenvalue weighted by Crippen LogP contribution is 2.34. The summed E-state index contributed by atoms with van der Waals surface area (Å²) in [5.41, 5.74) is 7.94. The van der Waals surface area contributed by atoms with Crippen molar-refractivity contribution in [1.82, 2.24) is 5.32 Å². The van der Waals surface area contributed by atoms with E-state index in [9.17, 15) is 9.59 Å². The third-order valence-electron chi connectivity index (χ3n) is 4.23. The number of hydrogen-bond donors (Lipinski definition) is 2. The number of carbonyl (C=O) groups excluding carboxylic acids is 2. The van der Waals surface area contributed by atoms with E-state index in [2.05, 4.69) is 5.32 Å². The Morgan fingerprint density at radius 3 is 2.58 bits per heavy atom. The molecule has 3 rings (SSSR count). The molecular weight excluding hydrogens is 324 g/mol. The number of fused-ring (bicyclic) bond motifs is 1. The molecule has 24 heavy (non-hydrogen) atoms. The van der Waals surface area contributed by atoms with Crippen LogP contribution in [0, 0.1) is 0 Å². The van der Waals surface area contributed by atoms with E-state index in [1.165, 1.54) is 11.3 Å². The lowest BCUT2D eigenvalue weighted by Crippen LogP contribution is -2.26. The highest BCUT2D eigenvalue weighted by Gasteiger charge is 2.27. The first-order valence-corrected chi connectivity index (χ1v) is 8.77. The van der Waals surface area contributed by atoms with Gasteiger partial charge < -0.3 is 15.8 Å². The molecule has 126 valence electrons. The zero-order chi connectivity index (χ0) is 17.1. The molecule has 0 fully saturated rings. The zero-order valence-electron chi connectivity index (χ0n) is 13.6. The quantitative estimate of drug-likeness (QED) is 0.875. The van der Waals surface area contributed by atoms with Crippen molar-refractivity contribution in [2.24, 2.45) is 5.73 Å². The number of rotatable bonds is 5. The Balaban J connectivity index is 1.79. The van der Waals surface area contributed by atoms with Crippen molar-refractivity contribution in [3.8, 4) is 5.75 Å². The molecule has 0 atom stereocenters. The predicted octanol–water partition coefficient (Wildman–Crippen LogP) is 2.66. The molecule has 0 spiro atoms. The smallest absolute Gasteiger partial charge is 0.259 e. The molecule has 1 aromatic carbocycles. The summed E-state index contributed by atoms with van der Waals surface area (Å²) in [6, 6.07) is 7.50. The number of amides is 2. The Morgan fingerprint density at radius 2 is 1.92 bits per heavy atom. The van der Waals surface area contributed by atoms with Gasteiger partial charge in [0.25, 0.3) is 11.8 Å². The molecule has 1 heterocycles. The molecule has 1 aromatic heterocycles. The molecule has 6 heteroatoms. The van der Waals surface area contributed by atoms with Gasteiger partial charge in [0, 0.05) is 11.4 Å². The number of benzene rings is 1. The van der Waals surface area contributed by atoms with Gasteiger partial charge in [0.05, 0.1) is 12.7 Å². The first-order valence-electron chi connectivity index (χ1n) is 7.95. The van der Waals surface area contributed by atoms with Crippen LogP contribution in [0.1, 0.15) is 48.9 Å². The van der Waals surface area contributed by atoms with Gasteiger partial charge in [-0.3, -0.25) is 9.59 Å². The maximum absolute atomic E-state index is 12.7. The first kappa shape index (κ1) is 16.5. The lowest BCUT2D eigenvalue weighted by Gasteiger charge is -2.13. The summed E-state index contributed by atoms with van der Waals surface area (Å²) in [7, 11) is 1.61. The summed E-state index contributed by atoms with van der Waals surface area (Å²) in [4.78, 5) is 25.9. The molecule has 1 aliphatic carbocycles. The average molecular weight is 344 g/mol. The minimum absolute atomic E-state index is 0.223. The van der Waals surface area contributed by atoms with Crippen LogP contribution in [0.5, 0.6) is 5.75 Å². The first-order chi connectivity index (χ1) is 11.6. The summed E-state index contributed by atoms with van der Waals surface area (Å²) in [5, 5.41) is 2.90. The van der Waals surface area contributed by atoms with Crippen LogP contribution >= 0.6 is 11.3 Å². The van der Waals surface area contributed by atoms with Gasteiger partial charge in [-0.05, 0) is 48.9 Å². The Labute approximate surface area is 144 Å². The molecule has 0 saturated carbocycles. The van der Waals surface area contributed by atoms with Crippen LogP contribution in [0.25, 0.3) is 0 Å². The molecule has 1 aliphatic rings. The standard InChI is InChI=1S/C18H20N2O3S/c1-23-12-8-6-11(7-9-12)10-20-18(22)15-13-4-2-3-5-14(13)24-16(15)17(19)21/h6-9H,2-5,10H2,1H3,(H2,19,21)(H,20,22). The Hall–Kier alpha value is -2.34. The third-order valence-corrected chi connectivity index (χ3v) is 5.54. The largest absolute Gasteiger partial charge is 0.497 e. The van der Waals surface area contributed by atoms with Crippen molar-refractivity contribution in [2.75, 3.05) is 7.11 Å². The minimum Gasteiger partial charge on any atom is -0.497 e. The summed E-state index contributed by atoms with van der Waals surface area (Å²) in [6.45, 7) is 0.394. The SMILES string of the molecule is COc1ccc(CNC(=O)c2c(C(N)=O)sc3c2CCCC3)cc1. The fraction of sp³-hybridized carbons (Fsp3) is 0.333. The van der Waals surface area contributed by atoms with E-state index in [0.29, 0.717) is 17.0 Å². The van der Waals surface area contributed by atoms with Crippen LogP contribution in [0.4, 0.5) is 0 Å². The Kier molecular flexibility index (Phi) is 4.85. The van der Waals surface area contributed by atoms with Gasteiger partial charge in [-0.2, -0.15) is 0 Å². The van der Waals surface area contributed by atoms with Gasteiger partial charge >= 0.3 is 0 Å². The normalized spacial score (nSPS) is 13.2. The molecular formula is C18H20N2O3S. The van der Waals surface area contributed by atoms with E-state index in [1.807, 2.05) is 24.3 Å². The van der Waals surface area contributed by atoms with Crippen LogP contribution in [-0.2, 0) is 19.4 Å². The molecule has 5 nitrogen and oxygen atoms in total. The Bertz CT molecular complexity index is 765. The maximum atomic E-state index is 12.7. The van der Waals surface area contributed by atoms with Crippen molar-refractivity contribution >= 4 is 23.2 Å². The fourth-order valence-corrected chi connectivity index (χ4v) is 4.23. The zero-order valence-corrected chi connectivity index (χ0v) is 14.4. The van der Waals surface area contributed by atoms with Crippen LogP contribution in [0.3, 0.4) is 0 Å². The van der Waals surface area contributed by atoms with E-state index in [0.717, 1.165) is 47.4 Å². The number of thiophene rings is 1. The molecule has 0 unspecified atom stereocenters.